The van der Waals surface area contributed by atoms with Crippen molar-refractivity contribution in [3.8, 4) is 5.88 Å². The Morgan fingerprint density at radius 3 is 2.78 bits per heavy atom. The molecule has 0 aromatic carbocycles. The van der Waals surface area contributed by atoms with Gasteiger partial charge in [0.1, 0.15) is 0 Å². The monoisotopic (exact) mass is 246 g/mol. The molecule has 5 heteroatoms. The third-order valence-corrected chi connectivity index (χ3v) is 2.68. The van der Waals surface area contributed by atoms with Crippen molar-refractivity contribution < 1.29 is 4.74 Å². The summed E-state index contributed by atoms with van der Waals surface area (Å²) in [6.07, 6.45) is 6.75. The van der Waals surface area contributed by atoms with Crippen LogP contribution in [0.25, 0.3) is 0 Å². The number of ether oxygens (including phenoxy) is 1. The first-order valence-corrected chi connectivity index (χ1v) is 5.95. The maximum atomic E-state index is 5.01. The van der Waals surface area contributed by atoms with E-state index in [0.29, 0.717) is 5.88 Å². The number of methoxy groups -OCH3 is 1. The average molecular weight is 246 g/mol. The zero-order chi connectivity index (χ0) is 12.8. The quantitative estimate of drug-likeness (QED) is 0.777. The van der Waals surface area contributed by atoms with Gasteiger partial charge < -0.3 is 10.1 Å². The van der Waals surface area contributed by atoms with E-state index < -0.39 is 0 Å². The Hall–Kier alpha value is -1.88. The SMILES string of the molecule is COc1ccc(CNCCc2cnn(C)c2)cn1. The summed E-state index contributed by atoms with van der Waals surface area (Å²) in [4.78, 5) is 4.16. The van der Waals surface area contributed by atoms with E-state index in [1.54, 1.807) is 7.11 Å². The van der Waals surface area contributed by atoms with Gasteiger partial charge in [-0.3, -0.25) is 4.68 Å². The molecule has 0 bridgehead atoms. The fraction of sp³-hybridized carbons (Fsp3) is 0.385. The van der Waals surface area contributed by atoms with Gasteiger partial charge in [0.25, 0.3) is 0 Å². The second-order valence-corrected chi connectivity index (χ2v) is 4.16. The van der Waals surface area contributed by atoms with E-state index >= 15 is 0 Å². The fourth-order valence-electron chi connectivity index (χ4n) is 1.70. The van der Waals surface area contributed by atoms with Crippen molar-refractivity contribution in [1.29, 1.82) is 0 Å². The molecule has 0 fully saturated rings. The molecule has 0 saturated heterocycles. The number of rotatable bonds is 6. The average Bonchev–Trinajstić information content (AvgIpc) is 2.81. The Labute approximate surface area is 107 Å². The number of nitrogens with one attached hydrogen (secondary N) is 1. The van der Waals surface area contributed by atoms with Crippen LogP contribution in [0.5, 0.6) is 5.88 Å². The number of hydrogen-bond donors (Lipinski definition) is 1. The minimum absolute atomic E-state index is 0.647. The Morgan fingerprint density at radius 2 is 2.17 bits per heavy atom. The first kappa shape index (κ1) is 12.6. The van der Waals surface area contributed by atoms with Crippen LogP contribution in [0, 0.1) is 0 Å². The van der Waals surface area contributed by atoms with Crippen molar-refractivity contribution >= 4 is 0 Å². The van der Waals surface area contributed by atoms with Crippen LogP contribution < -0.4 is 10.1 Å². The van der Waals surface area contributed by atoms with Gasteiger partial charge in [-0.15, -0.1) is 0 Å². The lowest BCUT2D eigenvalue weighted by Gasteiger charge is -2.04. The normalized spacial score (nSPS) is 10.6. The number of nitrogens with zero attached hydrogens (tertiary/aromatic N) is 3. The van der Waals surface area contributed by atoms with Gasteiger partial charge >= 0.3 is 0 Å². The van der Waals surface area contributed by atoms with Gasteiger partial charge in [0.2, 0.25) is 5.88 Å². The van der Waals surface area contributed by atoms with Crippen molar-refractivity contribution in [3.63, 3.8) is 0 Å². The Morgan fingerprint density at radius 1 is 1.28 bits per heavy atom. The van der Waals surface area contributed by atoms with Gasteiger partial charge in [-0.2, -0.15) is 5.10 Å². The molecule has 1 N–H and O–H groups in total. The van der Waals surface area contributed by atoms with Crippen LogP contribution in [0.15, 0.2) is 30.7 Å². The van der Waals surface area contributed by atoms with Crippen LogP contribution in [-0.2, 0) is 20.0 Å². The topological polar surface area (TPSA) is 52.0 Å². The molecule has 0 aliphatic rings. The highest BCUT2D eigenvalue weighted by molar-refractivity contribution is 5.17. The molecule has 0 aliphatic heterocycles. The minimum Gasteiger partial charge on any atom is -0.481 e. The van der Waals surface area contributed by atoms with Gasteiger partial charge in [-0.25, -0.2) is 4.98 Å². The summed E-state index contributed by atoms with van der Waals surface area (Å²) < 4.78 is 6.84. The predicted octanol–water partition coefficient (Wildman–Crippen LogP) is 1.16. The van der Waals surface area contributed by atoms with Crippen LogP contribution in [0.4, 0.5) is 0 Å². The standard InChI is InChI=1S/C13H18N4O/c1-17-10-12(9-16-17)5-6-14-7-11-3-4-13(18-2)15-8-11/h3-4,8-10,14H,5-7H2,1-2H3. The van der Waals surface area contributed by atoms with Gasteiger partial charge in [0.05, 0.1) is 13.3 Å². The van der Waals surface area contributed by atoms with Crippen molar-refractivity contribution in [2.75, 3.05) is 13.7 Å². The molecular weight excluding hydrogens is 228 g/mol. The lowest BCUT2D eigenvalue weighted by atomic mass is 10.2. The van der Waals surface area contributed by atoms with Gasteiger partial charge in [0, 0.05) is 32.1 Å². The zero-order valence-corrected chi connectivity index (χ0v) is 10.8. The number of hydrogen-bond acceptors (Lipinski definition) is 4. The Balaban J connectivity index is 1.71. The zero-order valence-electron chi connectivity index (χ0n) is 10.8. The molecule has 0 atom stereocenters. The molecule has 0 radical (unpaired) electrons. The number of aryl methyl sites for hydroxylation is 1. The van der Waals surface area contributed by atoms with E-state index in [2.05, 4.69) is 15.4 Å². The molecule has 0 amide bonds. The molecule has 0 saturated carbocycles. The van der Waals surface area contributed by atoms with E-state index in [0.717, 1.165) is 25.1 Å². The highest BCUT2D eigenvalue weighted by Gasteiger charge is 1.97. The summed E-state index contributed by atoms with van der Waals surface area (Å²) in [6.45, 7) is 1.75. The summed E-state index contributed by atoms with van der Waals surface area (Å²) in [6, 6.07) is 3.89. The molecule has 2 aromatic rings. The Kier molecular flexibility index (Phi) is 4.30. The molecule has 2 rings (SSSR count). The molecule has 2 heterocycles. The third kappa shape index (κ3) is 3.56. The molecular formula is C13H18N4O. The molecule has 96 valence electrons. The lowest BCUT2D eigenvalue weighted by Crippen LogP contribution is -2.16. The number of pyridine rings is 1. The molecule has 5 nitrogen and oxygen atoms in total. The summed E-state index contributed by atoms with van der Waals surface area (Å²) in [7, 11) is 3.55. The van der Waals surface area contributed by atoms with Gasteiger partial charge in [-0.1, -0.05) is 6.07 Å². The smallest absolute Gasteiger partial charge is 0.212 e. The Bertz CT molecular complexity index is 478. The molecule has 0 spiro atoms. The van der Waals surface area contributed by atoms with Gasteiger partial charge in [-0.05, 0) is 24.1 Å². The second kappa shape index (κ2) is 6.16. The molecule has 18 heavy (non-hydrogen) atoms. The predicted molar refractivity (Wildman–Crippen MR) is 69.4 cm³/mol. The van der Waals surface area contributed by atoms with Crippen molar-refractivity contribution in [2.45, 2.75) is 13.0 Å². The van der Waals surface area contributed by atoms with Crippen LogP contribution in [0.1, 0.15) is 11.1 Å². The minimum atomic E-state index is 0.647. The van der Waals surface area contributed by atoms with Crippen LogP contribution in [-0.4, -0.2) is 28.4 Å². The summed E-state index contributed by atoms with van der Waals surface area (Å²) >= 11 is 0. The summed E-state index contributed by atoms with van der Waals surface area (Å²) in [5, 5.41) is 7.52. The van der Waals surface area contributed by atoms with E-state index in [4.69, 9.17) is 4.74 Å². The molecule has 0 unspecified atom stereocenters. The summed E-state index contributed by atoms with van der Waals surface area (Å²) in [5.41, 5.74) is 2.40. The van der Waals surface area contributed by atoms with E-state index in [1.165, 1.54) is 5.56 Å². The van der Waals surface area contributed by atoms with Crippen LogP contribution in [0.2, 0.25) is 0 Å². The highest BCUT2D eigenvalue weighted by atomic mass is 16.5. The van der Waals surface area contributed by atoms with Crippen LogP contribution in [0.3, 0.4) is 0 Å². The summed E-state index contributed by atoms with van der Waals surface area (Å²) in [5.74, 6) is 0.647. The second-order valence-electron chi connectivity index (χ2n) is 4.16. The maximum absolute atomic E-state index is 5.01. The fourth-order valence-corrected chi connectivity index (χ4v) is 1.70. The maximum Gasteiger partial charge on any atom is 0.212 e. The van der Waals surface area contributed by atoms with E-state index in [-0.39, 0.29) is 0 Å². The van der Waals surface area contributed by atoms with Crippen molar-refractivity contribution in [2.24, 2.45) is 7.05 Å². The molecule has 2 aromatic heterocycles. The third-order valence-electron chi connectivity index (χ3n) is 2.68. The lowest BCUT2D eigenvalue weighted by molar-refractivity contribution is 0.397. The first-order chi connectivity index (χ1) is 8.78. The first-order valence-electron chi connectivity index (χ1n) is 5.95. The number of aromatic nitrogens is 3. The van der Waals surface area contributed by atoms with Crippen LogP contribution >= 0.6 is 0 Å². The van der Waals surface area contributed by atoms with E-state index in [1.807, 2.05) is 42.5 Å². The highest BCUT2D eigenvalue weighted by Crippen LogP contribution is 2.06. The van der Waals surface area contributed by atoms with Crippen molar-refractivity contribution in [3.05, 3.63) is 41.9 Å². The van der Waals surface area contributed by atoms with Gasteiger partial charge in [0.15, 0.2) is 0 Å². The largest absolute Gasteiger partial charge is 0.481 e. The molecule has 0 aliphatic carbocycles. The van der Waals surface area contributed by atoms with E-state index in [9.17, 15) is 0 Å². The van der Waals surface area contributed by atoms with Crippen molar-refractivity contribution in [1.82, 2.24) is 20.1 Å².